The fraction of sp³-hybridized carbons (Fsp3) is 0.643. The molecular weight excluding hydrogens is 292 g/mol. The lowest BCUT2D eigenvalue weighted by molar-refractivity contribution is 0.0523. The average molecular weight is 312 g/mol. The molecule has 1 aliphatic rings. The smallest absolute Gasteiger partial charge is 0.341 e. The molecule has 4 nitrogen and oxygen atoms in total. The second-order valence-corrected chi connectivity index (χ2v) is 7.30. The van der Waals surface area contributed by atoms with Crippen molar-refractivity contribution in [3.63, 3.8) is 0 Å². The fourth-order valence-corrected chi connectivity index (χ4v) is 4.61. The molecule has 0 aromatic carbocycles. The molecule has 1 saturated heterocycles. The standard InChI is InChI=1S/C14H20N2O2S2/c1-4-18-14(17)10-7-15-13(16-12(10)9(2)3)11-8-19-5-6-20-11/h7,9,11H,4-6,8H2,1-3H3. The quantitative estimate of drug-likeness (QED) is 0.795. The maximum atomic E-state index is 11.9. The lowest BCUT2D eigenvalue weighted by Crippen LogP contribution is -2.16. The highest BCUT2D eigenvalue weighted by Gasteiger charge is 2.23. The van der Waals surface area contributed by atoms with Crippen LogP contribution in [0.25, 0.3) is 0 Å². The van der Waals surface area contributed by atoms with Gasteiger partial charge in [0.05, 0.1) is 23.1 Å². The number of thioether (sulfide) groups is 2. The van der Waals surface area contributed by atoms with Gasteiger partial charge in [0.15, 0.2) is 0 Å². The van der Waals surface area contributed by atoms with Gasteiger partial charge < -0.3 is 4.74 Å². The molecule has 20 heavy (non-hydrogen) atoms. The lowest BCUT2D eigenvalue weighted by atomic mass is 10.1. The van der Waals surface area contributed by atoms with Crippen molar-refractivity contribution >= 4 is 29.5 Å². The number of carbonyl (C=O) groups is 1. The minimum Gasteiger partial charge on any atom is -0.462 e. The number of hydrogen-bond donors (Lipinski definition) is 0. The Labute approximate surface area is 128 Å². The van der Waals surface area contributed by atoms with Gasteiger partial charge in [-0.3, -0.25) is 0 Å². The Balaban J connectivity index is 2.29. The number of hydrogen-bond acceptors (Lipinski definition) is 6. The summed E-state index contributed by atoms with van der Waals surface area (Å²) < 4.78 is 5.08. The van der Waals surface area contributed by atoms with E-state index in [1.807, 2.05) is 37.4 Å². The Morgan fingerprint density at radius 3 is 2.90 bits per heavy atom. The van der Waals surface area contributed by atoms with Crippen LogP contribution in [0.5, 0.6) is 0 Å². The highest BCUT2D eigenvalue weighted by molar-refractivity contribution is 8.06. The van der Waals surface area contributed by atoms with Gasteiger partial charge >= 0.3 is 5.97 Å². The number of rotatable bonds is 4. The third-order valence-corrected chi connectivity index (χ3v) is 5.73. The number of carbonyl (C=O) groups excluding carboxylic acids is 1. The second-order valence-electron chi connectivity index (χ2n) is 4.84. The third-order valence-electron chi connectivity index (χ3n) is 2.98. The first-order valence-electron chi connectivity index (χ1n) is 6.86. The largest absolute Gasteiger partial charge is 0.462 e. The molecule has 6 heteroatoms. The zero-order chi connectivity index (χ0) is 14.5. The zero-order valence-electron chi connectivity index (χ0n) is 12.1. The van der Waals surface area contributed by atoms with Crippen LogP contribution in [0.15, 0.2) is 6.20 Å². The van der Waals surface area contributed by atoms with Crippen LogP contribution in [-0.4, -0.2) is 39.8 Å². The molecule has 1 atom stereocenters. The summed E-state index contributed by atoms with van der Waals surface area (Å²) in [4.78, 5) is 21.0. The molecule has 1 aromatic rings. The van der Waals surface area contributed by atoms with Crippen LogP contribution in [0, 0.1) is 0 Å². The van der Waals surface area contributed by atoms with Crippen molar-refractivity contribution in [1.82, 2.24) is 9.97 Å². The zero-order valence-corrected chi connectivity index (χ0v) is 13.7. The summed E-state index contributed by atoms with van der Waals surface area (Å²) >= 11 is 3.84. The van der Waals surface area contributed by atoms with E-state index in [1.54, 1.807) is 13.1 Å². The van der Waals surface area contributed by atoms with Crippen LogP contribution in [0.4, 0.5) is 0 Å². The maximum absolute atomic E-state index is 11.9. The van der Waals surface area contributed by atoms with Gasteiger partial charge in [0, 0.05) is 23.5 Å². The molecular formula is C14H20N2O2S2. The maximum Gasteiger partial charge on any atom is 0.341 e. The lowest BCUT2D eigenvalue weighted by Gasteiger charge is -2.21. The topological polar surface area (TPSA) is 52.1 Å². The molecule has 0 amide bonds. The molecule has 1 aliphatic heterocycles. The van der Waals surface area contributed by atoms with E-state index < -0.39 is 0 Å². The molecule has 0 saturated carbocycles. The van der Waals surface area contributed by atoms with E-state index in [0.29, 0.717) is 17.4 Å². The molecule has 0 N–H and O–H groups in total. The first kappa shape index (κ1) is 15.6. The predicted octanol–water partition coefficient (Wildman–Crippen LogP) is 3.30. The summed E-state index contributed by atoms with van der Waals surface area (Å²) in [6.07, 6.45) is 1.63. The third kappa shape index (κ3) is 3.67. The highest BCUT2D eigenvalue weighted by Crippen LogP contribution is 2.35. The molecule has 1 unspecified atom stereocenters. The predicted molar refractivity (Wildman–Crippen MR) is 84.6 cm³/mol. The molecule has 1 aromatic heterocycles. The Bertz CT molecular complexity index is 474. The van der Waals surface area contributed by atoms with Gasteiger partial charge in [0.25, 0.3) is 0 Å². The number of ether oxygens (including phenoxy) is 1. The van der Waals surface area contributed by atoms with E-state index in [1.165, 1.54) is 5.75 Å². The van der Waals surface area contributed by atoms with Gasteiger partial charge in [-0.15, -0.1) is 11.8 Å². The van der Waals surface area contributed by atoms with Crippen LogP contribution in [0.1, 0.15) is 53.8 Å². The first-order valence-corrected chi connectivity index (χ1v) is 9.07. The van der Waals surface area contributed by atoms with Crippen molar-refractivity contribution in [1.29, 1.82) is 0 Å². The van der Waals surface area contributed by atoms with Gasteiger partial charge in [-0.25, -0.2) is 14.8 Å². The van der Waals surface area contributed by atoms with E-state index in [0.717, 1.165) is 23.0 Å². The minimum atomic E-state index is -0.326. The summed E-state index contributed by atoms with van der Waals surface area (Å²) in [5, 5.41) is 0.336. The molecule has 0 bridgehead atoms. The molecule has 0 radical (unpaired) electrons. The van der Waals surface area contributed by atoms with Crippen LogP contribution in [-0.2, 0) is 4.74 Å². The summed E-state index contributed by atoms with van der Waals surface area (Å²) in [6.45, 7) is 6.25. The van der Waals surface area contributed by atoms with E-state index in [2.05, 4.69) is 9.97 Å². The molecule has 2 heterocycles. The van der Waals surface area contributed by atoms with Gasteiger partial charge in [-0.05, 0) is 12.8 Å². The van der Waals surface area contributed by atoms with Crippen LogP contribution >= 0.6 is 23.5 Å². The van der Waals surface area contributed by atoms with Crippen molar-refractivity contribution in [2.75, 3.05) is 23.9 Å². The second kappa shape index (κ2) is 7.31. The Morgan fingerprint density at radius 2 is 2.30 bits per heavy atom. The van der Waals surface area contributed by atoms with E-state index in [-0.39, 0.29) is 11.9 Å². The first-order chi connectivity index (χ1) is 9.63. The number of esters is 1. The van der Waals surface area contributed by atoms with Gasteiger partial charge in [-0.1, -0.05) is 13.8 Å². The highest BCUT2D eigenvalue weighted by atomic mass is 32.2. The van der Waals surface area contributed by atoms with Crippen molar-refractivity contribution < 1.29 is 9.53 Å². The van der Waals surface area contributed by atoms with Crippen LogP contribution in [0.2, 0.25) is 0 Å². The molecule has 0 aliphatic carbocycles. The Hall–Kier alpha value is -0.750. The minimum absolute atomic E-state index is 0.178. The van der Waals surface area contributed by atoms with E-state index in [9.17, 15) is 4.79 Å². The summed E-state index contributed by atoms with van der Waals surface area (Å²) in [5.74, 6) is 4.07. The average Bonchev–Trinajstić information content (AvgIpc) is 2.47. The monoisotopic (exact) mass is 312 g/mol. The molecule has 2 rings (SSSR count). The van der Waals surface area contributed by atoms with Crippen molar-refractivity contribution in [2.24, 2.45) is 0 Å². The van der Waals surface area contributed by atoms with Crippen molar-refractivity contribution in [3.05, 3.63) is 23.3 Å². The van der Waals surface area contributed by atoms with Gasteiger partial charge in [0.2, 0.25) is 0 Å². The van der Waals surface area contributed by atoms with Crippen molar-refractivity contribution in [2.45, 2.75) is 31.9 Å². The Morgan fingerprint density at radius 1 is 1.50 bits per heavy atom. The van der Waals surface area contributed by atoms with Crippen LogP contribution < -0.4 is 0 Å². The van der Waals surface area contributed by atoms with E-state index in [4.69, 9.17) is 4.74 Å². The van der Waals surface area contributed by atoms with E-state index >= 15 is 0 Å². The fourth-order valence-electron chi connectivity index (χ4n) is 2.01. The molecule has 1 fully saturated rings. The van der Waals surface area contributed by atoms with Crippen molar-refractivity contribution in [3.8, 4) is 0 Å². The Kier molecular flexibility index (Phi) is 5.72. The number of nitrogens with zero attached hydrogens (tertiary/aromatic N) is 2. The summed E-state index contributed by atoms with van der Waals surface area (Å²) in [5.41, 5.74) is 1.30. The molecule has 110 valence electrons. The van der Waals surface area contributed by atoms with Crippen LogP contribution in [0.3, 0.4) is 0 Å². The normalized spacial score (nSPS) is 19.1. The SMILES string of the molecule is CCOC(=O)c1cnc(C2CSCCS2)nc1C(C)C. The van der Waals surface area contributed by atoms with Gasteiger partial charge in [-0.2, -0.15) is 11.8 Å². The van der Waals surface area contributed by atoms with Gasteiger partial charge in [0.1, 0.15) is 5.82 Å². The molecule has 0 spiro atoms. The number of aromatic nitrogens is 2. The summed E-state index contributed by atoms with van der Waals surface area (Å²) in [6, 6.07) is 0. The summed E-state index contributed by atoms with van der Waals surface area (Å²) in [7, 11) is 0.